The Balaban J connectivity index is 1.97. The van der Waals surface area contributed by atoms with E-state index in [9.17, 15) is 0 Å². The Labute approximate surface area is 137 Å². The van der Waals surface area contributed by atoms with Gasteiger partial charge in [0.15, 0.2) is 5.82 Å². The van der Waals surface area contributed by atoms with Crippen LogP contribution in [0.1, 0.15) is 24.7 Å². The fourth-order valence-corrected chi connectivity index (χ4v) is 2.59. The molecular weight excluding hydrogens is 282 g/mol. The van der Waals surface area contributed by atoms with Crippen LogP contribution in [0.2, 0.25) is 0 Å². The smallest absolute Gasteiger partial charge is 0.186 e. The van der Waals surface area contributed by atoms with Crippen LogP contribution in [0, 0.1) is 11.8 Å². The van der Waals surface area contributed by atoms with Gasteiger partial charge >= 0.3 is 0 Å². The number of hydrogen-bond acceptors (Lipinski definition) is 2. The van der Waals surface area contributed by atoms with Crippen LogP contribution in [-0.4, -0.2) is 23.6 Å². The molecule has 3 aromatic rings. The Kier molecular flexibility index (Phi) is 4.34. The summed E-state index contributed by atoms with van der Waals surface area (Å²) in [6.07, 6.45) is 1.06. The van der Waals surface area contributed by atoms with Gasteiger partial charge in [0.2, 0.25) is 0 Å². The molecule has 2 aromatic carbocycles. The third-order valence-electron chi connectivity index (χ3n) is 3.80. The van der Waals surface area contributed by atoms with Crippen molar-refractivity contribution in [3.63, 3.8) is 0 Å². The zero-order valence-electron chi connectivity index (χ0n) is 13.9. The first kappa shape index (κ1) is 15.2. The minimum Gasteiger partial charge on any atom is -0.378 e. The van der Waals surface area contributed by atoms with Crippen molar-refractivity contribution in [1.82, 2.24) is 9.55 Å². The van der Waals surface area contributed by atoms with E-state index >= 15 is 0 Å². The molecule has 0 unspecified atom stereocenters. The Hall–Kier alpha value is -2.73. The van der Waals surface area contributed by atoms with E-state index in [-0.39, 0.29) is 0 Å². The van der Waals surface area contributed by atoms with Crippen molar-refractivity contribution in [2.24, 2.45) is 0 Å². The van der Waals surface area contributed by atoms with Crippen molar-refractivity contribution in [2.45, 2.75) is 19.9 Å². The van der Waals surface area contributed by atoms with Crippen LogP contribution in [0.3, 0.4) is 0 Å². The molecular formula is C20H21N3. The molecule has 23 heavy (non-hydrogen) atoms. The van der Waals surface area contributed by atoms with E-state index in [1.807, 2.05) is 32.3 Å². The van der Waals surface area contributed by atoms with E-state index < -0.39 is 0 Å². The molecule has 0 bridgehead atoms. The topological polar surface area (TPSA) is 21.1 Å². The van der Waals surface area contributed by atoms with Gasteiger partial charge in [-0.25, -0.2) is 4.98 Å². The number of imidazole rings is 1. The second kappa shape index (κ2) is 6.58. The molecule has 3 nitrogen and oxygen atoms in total. The van der Waals surface area contributed by atoms with Crippen LogP contribution in [0.4, 0.5) is 5.69 Å². The van der Waals surface area contributed by atoms with Crippen LogP contribution >= 0.6 is 0 Å². The van der Waals surface area contributed by atoms with Gasteiger partial charge in [0, 0.05) is 31.9 Å². The number of aromatic nitrogens is 2. The quantitative estimate of drug-likeness (QED) is 0.684. The van der Waals surface area contributed by atoms with Gasteiger partial charge in [0.25, 0.3) is 0 Å². The summed E-state index contributed by atoms with van der Waals surface area (Å²) in [5.74, 6) is 7.31. The number of para-hydroxylation sites is 2. The summed E-state index contributed by atoms with van der Waals surface area (Å²) in [7, 11) is 4.07. The van der Waals surface area contributed by atoms with Crippen LogP contribution in [0.15, 0.2) is 48.5 Å². The molecule has 0 aliphatic rings. The average molecular weight is 303 g/mol. The molecule has 116 valence electrons. The number of benzene rings is 2. The standard InChI is InChI=1S/C20H21N3/c1-4-15-23-19-8-6-5-7-18(19)21-20(23)14-11-16-9-12-17(13-10-16)22(2)3/h5-10,12-13H,4,15H2,1-3H3. The van der Waals surface area contributed by atoms with Gasteiger partial charge in [0.1, 0.15) is 0 Å². The van der Waals surface area contributed by atoms with E-state index in [1.54, 1.807) is 0 Å². The number of rotatable bonds is 3. The summed E-state index contributed by atoms with van der Waals surface area (Å²) in [5, 5.41) is 0. The molecule has 0 saturated carbocycles. The zero-order chi connectivity index (χ0) is 16.2. The highest BCUT2D eigenvalue weighted by molar-refractivity contribution is 5.76. The highest BCUT2D eigenvalue weighted by Gasteiger charge is 2.07. The fraction of sp³-hybridized carbons (Fsp3) is 0.250. The maximum absolute atomic E-state index is 4.67. The molecule has 0 spiro atoms. The minimum atomic E-state index is 0.838. The summed E-state index contributed by atoms with van der Waals surface area (Å²) >= 11 is 0. The van der Waals surface area contributed by atoms with Crippen molar-refractivity contribution in [3.05, 3.63) is 59.9 Å². The van der Waals surface area contributed by atoms with Crippen LogP contribution in [-0.2, 0) is 6.54 Å². The summed E-state index contributed by atoms with van der Waals surface area (Å²) in [5.41, 5.74) is 4.34. The first-order chi connectivity index (χ1) is 11.2. The van der Waals surface area contributed by atoms with Gasteiger partial charge in [-0.1, -0.05) is 25.0 Å². The lowest BCUT2D eigenvalue weighted by Gasteiger charge is -2.11. The van der Waals surface area contributed by atoms with Crippen molar-refractivity contribution in [2.75, 3.05) is 19.0 Å². The molecule has 1 aromatic heterocycles. The SMILES string of the molecule is CCCn1c(C#Cc2ccc(N(C)C)cc2)nc2ccccc21. The summed E-state index contributed by atoms with van der Waals surface area (Å²) < 4.78 is 2.20. The Morgan fingerprint density at radius 3 is 2.43 bits per heavy atom. The molecule has 0 aliphatic heterocycles. The van der Waals surface area contributed by atoms with Gasteiger partial charge in [-0.3, -0.25) is 0 Å². The predicted molar refractivity (Wildman–Crippen MR) is 96.8 cm³/mol. The first-order valence-corrected chi connectivity index (χ1v) is 7.93. The van der Waals surface area contributed by atoms with E-state index in [4.69, 9.17) is 0 Å². The van der Waals surface area contributed by atoms with Gasteiger partial charge in [-0.05, 0) is 48.7 Å². The maximum atomic E-state index is 4.67. The lowest BCUT2D eigenvalue weighted by atomic mass is 10.2. The lowest BCUT2D eigenvalue weighted by molar-refractivity contribution is 0.689. The van der Waals surface area contributed by atoms with Crippen molar-refractivity contribution >= 4 is 16.7 Å². The van der Waals surface area contributed by atoms with Crippen molar-refractivity contribution in [3.8, 4) is 11.8 Å². The Bertz CT molecular complexity index is 861. The molecule has 0 saturated heterocycles. The third-order valence-corrected chi connectivity index (χ3v) is 3.80. The van der Waals surface area contributed by atoms with Gasteiger partial charge in [-0.2, -0.15) is 0 Å². The number of nitrogens with zero attached hydrogens (tertiary/aromatic N) is 3. The van der Waals surface area contributed by atoms with E-state index in [0.29, 0.717) is 0 Å². The normalized spacial score (nSPS) is 10.4. The largest absolute Gasteiger partial charge is 0.378 e. The minimum absolute atomic E-state index is 0.838. The summed E-state index contributed by atoms with van der Waals surface area (Å²) in [4.78, 5) is 6.75. The van der Waals surface area contributed by atoms with Gasteiger partial charge in [0.05, 0.1) is 11.0 Å². The summed E-state index contributed by atoms with van der Waals surface area (Å²) in [6.45, 7) is 3.11. The van der Waals surface area contributed by atoms with E-state index in [0.717, 1.165) is 35.4 Å². The number of aryl methyl sites for hydroxylation is 1. The highest BCUT2D eigenvalue weighted by Crippen LogP contribution is 2.16. The highest BCUT2D eigenvalue weighted by atomic mass is 15.1. The molecule has 3 heteroatoms. The average Bonchev–Trinajstić information content (AvgIpc) is 2.92. The van der Waals surface area contributed by atoms with Gasteiger partial charge < -0.3 is 9.47 Å². The third kappa shape index (κ3) is 3.22. The first-order valence-electron chi connectivity index (χ1n) is 7.93. The van der Waals surface area contributed by atoms with Crippen LogP contribution in [0.25, 0.3) is 11.0 Å². The second-order valence-electron chi connectivity index (χ2n) is 5.77. The fourth-order valence-electron chi connectivity index (χ4n) is 2.59. The number of hydrogen-bond donors (Lipinski definition) is 0. The molecule has 1 heterocycles. The predicted octanol–water partition coefficient (Wildman–Crippen LogP) is 3.91. The molecule has 0 fully saturated rings. The number of anilines is 1. The van der Waals surface area contributed by atoms with Crippen molar-refractivity contribution in [1.29, 1.82) is 0 Å². The molecule has 0 atom stereocenters. The number of fused-ring (bicyclic) bond motifs is 1. The Morgan fingerprint density at radius 1 is 1.00 bits per heavy atom. The zero-order valence-corrected chi connectivity index (χ0v) is 13.9. The van der Waals surface area contributed by atoms with E-state index in [2.05, 4.69) is 63.5 Å². The molecule has 0 amide bonds. The van der Waals surface area contributed by atoms with E-state index in [1.165, 1.54) is 5.69 Å². The molecule has 3 rings (SSSR count). The summed E-state index contributed by atoms with van der Waals surface area (Å²) in [6, 6.07) is 16.5. The van der Waals surface area contributed by atoms with Crippen molar-refractivity contribution < 1.29 is 0 Å². The maximum Gasteiger partial charge on any atom is 0.186 e. The Morgan fingerprint density at radius 2 is 1.74 bits per heavy atom. The monoisotopic (exact) mass is 303 g/mol. The molecule has 0 radical (unpaired) electrons. The second-order valence-corrected chi connectivity index (χ2v) is 5.77. The van der Waals surface area contributed by atoms with Gasteiger partial charge in [-0.15, -0.1) is 0 Å². The van der Waals surface area contributed by atoms with Crippen LogP contribution < -0.4 is 4.90 Å². The lowest BCUT2D eigenvalue weighted by Crippen LogP contribution is -2.07. The van der Waals surface area contributed by atoms with Crippen LogP contribution in [0.5, 0.6) is 0 Å². The molecule has 0 aliphatic carbocycles. The molecule has 0 N–H and O–H groups in total.